The minimum absolute atomic E-state index is 0.248. The van der Waals surface area contributed by atoms with Crippen molar-refractivity contribution in [2.45, 2.75) is 32.7 Å². The number of rotatable bonds is 5. The first-order valence-electron chi connectivity index (χ1n) is 7.53. The van der Waals surface area contributed by atoms with E-state index in [2.05, 4.69) is 5.32 Å². The zero-order chi connectivity index (χ0) is 15.5. The van der Waals surface area contributed by atoms with Crippen molar-refractivity contribution in [3.8, 4) is 5.75 Å². The zero-order valence-electron chi connectivity index (χ0n) is 12.5. The van der Waals surface area contributed by atoms with E-state index in [9.17, 15) is 9.90 Å². The standard InChI is InChI=1S/C17H19NO3S/c1-2-21-17(20)15-12-7-5-9-14(12)22-16(15)18-10-11-6-3-4-8-13(11)19/h3-4,6,8,18-19H,2,5,7,9-10H2,1H3. The fourth-order valence-corrected chi connectivity index (χ4v) is 4.06. The van der Waals surface area contributed by atoms with Crippen LogP contribution in [0.3, 0.4) is 0 Å². The van der Waals surface area contributed by atoms with Crippen molar-refractivity contribution in [2.75, 3.05) is 11.9 Å². The normalized spacial score (nSPS) is 13.0. The molecule has 2 N–H and O–H groups in total. The summed E-state index contributed by atoms with van der Waals surface area (Å²) in [5.74, 6) is 0.0125. The number of hydrogen-bond acceptors (Lipinski definition) is 5. The van der Waals surface area contributed by atoms with Crippen molar-refractivity contribution in [2.24, 2.45) is 0 Å². The molecule has 1 heterocycles. The highest BCUT2D eigenvalue weighted by molar-refractivity contribution is 7.16. The van der Waals surface area contributed by atoms with Crippen LogP contribution in [0, 0.1) is 0 Å². The van der Waals surface area contributed by atoms with E-state index in [4.69, 9.17) is 4.74 Å². The highest BCUT2D eigenvalue weighted by atomic mass is 32.1. The molecule has 2 aromatic rings. The number of fused-ring (bicyclic) bond motifs is 1. The van der Waals surface area contributed by atoms with Crippen molar-refractivity contribution in [3.63, 3.8) is 0 Å². The molecule has 0 fully saturated rings. The van der Waals surface area contributed by atoms with Crippen LogP contribution in [0.5, 0.6) is 5.75 Å². The van der Waals surface area contributed by atoms with E-state index in [1.165, 1.54) is 4.88 Å². The van der Waals surface area contributed by atoms with Gasteiger partial charge in [0, 0.05) is 17.0 Å². The SMILES string of the molecule is CCOC(=O)c1c(NCc2ccccc2O)sc2c1CCC2. The van der Waals surface area contributed by atoms with Crippen LogP contribution in [-0.4, -0.2) is 17.7 Å². The summed E-state index contributed by atoms with van der Waals surface area (Å²) in [6.07, 6.45) is 3.08. The Balaban J connectivity index is 1.84. The summed E-state index contributed by atoms with van der Waals surface area (Å²) < 4.78 is 5.21. The molecule has 1 aromatic heterocycles. The number of esters is 1. The molecule has 4 nitrogen and oxygen atoms in total. The minimum Gasteiger partial charge on any atom is -0.508 e. The van der Waals surface area contributed by atoms with E-state index in [1.807, 2.05) is 19.1 Å². The van der Waals surface area contributed by atoms with E-state index in [-0.39, 0.29) is 11.7 Å². The number of thiophene rings is 1. The zero-order valence-corrected chi connectivity index (χ0v) is 13.3. The molecule has 1 aliphatic carbocycles. The largest absolute Gasteiger partial charge is 0.508 e. The lowest BCUT2D eigenvalue weighted by Crippen LogP contribution is -2.09. The summed E-state index contributed by atoms with van der Waals surface area (Å²) >= 11 is 1.63. The van der Waals surface area contributed by atoms with Gasteiger partial charge >= 0.3 is 5.97 Å². The second-order valence-corrected chi connectivity index (χ2v) is 6.37. The Labute approximate surface area is 133 Å². The third-order valence-electron chi connectivity index (χ3n) is 3.83. The first kappa shape index (κ1) is 14.9. The number of carbonyl (C=O) groups is 1. The smallest absolute Gasteiger partial charge is 0.341 e. The summed E-state index contributed by atoms with van der Waals surface area (Å²) in [4.78, 5) is 13.5. The molecule has 0 spiro atoms. The lowest BCUT2D eigenvalue weighted by molar-refractivity contribution is 0.0527. The molecule has 0 amide bonds. The Kier molecular flexibility index (Phi) is 4.34. The first-order valence-corrected chi connectivity index (χ1v) is 8.34. The van der Waals surface area contributed by atoms with E-state index in [0.29, 0.717) is 18.7 Å². The van der Waals surface area contributed by atoms with Gasteiger partial charge in [-0.2, -0.15) is 0 Å². The van der Waals surface area contributed by atoms with Crippen molar-refractivity contribution < 1.29 is 14.6 Å². The molecule has 0 radical (unpaired) electrons. The molecule has 1 aromatic carbocycles. The highest BCUT2D eigenvalue weighted by Gasteiger charge is 2.27. The average molecular weight is 317 g/mol. The molecule has 116 valence electrons. The summed E-state index contributed by atoms with van der Waals surface area (Å²) in [6, 6.07) is 7.21. The van der Waals surface area contributed by atoms with E-state index >= 15 is 0 Å². The molecule has 5 heteroatoms. The van der Waals surface area contributed by atoms with Crippen LogP contribution in [-0.2, 0) is 24.1 Å². The number of para-hydroxylation sites is 1. The van der Waals surface area contributed by atoms with Crippen molar-refractivity contribution in [1.29, 1.82) is 0 Å². The van der Waals surface area contributed by atoms with Crippen LogP contribution in [0.4, 0.5) is 5.00 Å². The lowest BCUT2D eigenvalue weighted by atomic mass is 10.1. The number of nitrogens with one attached hydrogen (secondary N) is 1. The van der Waals surface area contributed by atoms with Gasteiger partial charge in [-0.1, -0.05) is 18.2 Å². The molecule has 0 saturated carbocycles. The Bertz CT molecular complexity index is 693. The topological polar surface area (TPSA) is 58.6 Å². The Morgan fingerprint density at radius 2 is 2.18 bits per heavy atom. The molecule has 0 saturated heterocycles. The van der Waals surface area contributed by atoms with Crippen LogP contribution in [0.2, 0.25) is 0 Å². The third-order valence-corrected chi connectivity index (χ3v) is 5.08. The second-order valence-electron chi connectivity index (χ2n) is 5.26. The van der Waals surface area contributed by atoms with Gasteiger partial charge in [-0.05, 0) is 37.8 Å². The molecule has 0 aliphatic heterocycles. The van der Waals surface area contributed by atoms with Gasteiger partial charge in [-0.25, -0.2) is 4.79 Å². The van der Waals surface area contributed by atoms with Crippen LogP contribution in [0.25, 0.3) is 0 Å². The minimum atomic E-state index is -0.248. The summed E-state index contributed by atoms with van der Waals surface area (Å²) in [5.41, 5.74) is 2.64. The number of aromatic hydroxyl groups is 1. The molecule has 0 unspecified atom stereocenters. The summed E-state index contributed by atoms with van der Waals surface area (Å²) in [7, 11) is 0. The van der Waals surface area contributed by atoms with Gasteiger partial charge in [0.05, 0.1) is 12.2 Å². The quantitative estimate of drug-likeness (QED) is 0.825. The predicted molar refractivity (Wildman–Crippen MR) is 87.7 cm³/mol. The molecular weight excluding hydrogens is 298 g/mol. The van der Waals surface area contributed by atoms with Crippen LogP contribution >= 0.6 is 11.3 Å². The van der Waals surface area contributed by atoms with Crippen LogP contribution in [0.1, 0.15) is 39.7 Å². The summed E-state index contributed by atoms with van der Waals surface area (Å²) in [5, 5.41) is 14.0. The number of aryl methyl sites for hydroxylation is 1. The maximum atomic E-state index is 12.3. The van der Waals surface area contributed by atoms with Gasteiger partial charge in [0.25, 0.3) is 0 Å². The number of phenolic OH excluding ortho intramolecular Hbond substituents is 1. The van der Waals surface area contributed by atoms with Gasteiger partial charge in [-0.3, -0.25) is 0 Å². The maximum absolute atomic E-state index is 12.3. The van der Waals surface area contributed by atoms with Gasteiger partial charge < -0.3 is 15.2 Å². The number of anilines is 1. The molecule has 3 rings (SSSR count). The predicted octanol–water partition coefficient (Wildman–Crippen LogP) is 3.73. The summed E-state index contributed by atoms with van der Waals surface area (Å²) in [6.45, 7) is 2.68. The van der Waals surface area contributed by atoms with Crippen LogP contribution in [0.15, 0.2) is 24.3 Å². The lowest BCUT2D eigenvalue weighted by Gasteiger charge is -2.09. The molecule has 1 aliphatic rings. The average Bonchev–Trinajstić information content (AvgIpc) is 3.06. The van der Waals surface area contributed by atoms with E-state index < -0.39 is 0 Å². The van der Waals surface area contributed by atoms with Crippen molar-refractivity contribution in [1.82, 2.24) is 0 Å². The van der Waals surface area contributed by atoms with Crippen LogP contribution < -0.4 is 5.32 Å². The monoisotopic (exact) mass is 317 g/mol. The third kappa shape index (κ3) is 2.81. The van der Waals surface area contributed by atoms with Gasteiger partial charge in [0.2, 0.25) is 0 Å². The van der Waals surface area contributed by atoms with Crippen molar-refractivity contribution in [3.05, 3.63) is 45.8 Å². The second kappa shape index (κ2) is 6.40. The number of hydrogen-bond donors (Lipinski definition) is 2. The highest BCUT2D eigenvalue weighted by Crippen LogP contribution is 2.39. The van der Waals surface area contributed by atoms with E-state index in [1.54, 1.807) is 23.5 Å². The molecular formula is C17H19NO3S. The molecule has 0 atom stereocenters. The maximum Gasteiger partial charge on any atom is 0.341 e. The van der Waals surface area contributed by atoms with Gasteiger partial charge in [0.15, 0.2) is 0 Å². The molecule has 22 heavy (non-hydrogen) atoms. The Morgan fingerprint density at radius 1 is 1.36 bits per heavy atom. The number of carbonyl (C=O) groups excluding carboxylic acids is 1. The number of phenols is 1. The Hall–Kier alpha value is -2.01. The number of ether oxygens (including phenoxy) is 1. The van der Waals surface area contributed by atoms with E-state index in [0.717, 1.165) is 35.4 Å². The fourth-order valence-electron chi connectivity index (χ4n) is 2.78. The first-order chi connectivity index (χ1) is 10.7. The fraction of sp³-hybridized carbons (Fsp3) is 0.353. The van der Waals surface area contributed by atoms with Crippen molar-refractivity contribution >= 4 is 22.3 Å². The molecule has 0 bridgehead atoms. The van der Waals surface area contributed by atoms with Gasteiger partial charge in [0.1, 0.15) is 10.8 Å². The Morgan fingerprint density at radius 3 is 2.95 bits per heavy atom. The van der Waals surface area contributed by atoms with Gasteiger partial charge in [-0.15, -0.1) is 11.3 Å². The number of benzene rings is 1.